The van der Waals surface area contributed by atoms with E-state index in [-0.39, 0.29) is 10.5 Å². The lowest BCUT2D eigenvalue weighted by atomic mass is 9.95. The highest BCUT2D eigenvalue weighted by Crippen LogP contribution is 2.30. The van der Waals surface area contributed by atoms with Crippen molar-refractivity contribution in [3.05, 3.63) is 77.4 Å². The molecule has 0 aromatic heterocycles. The minimum Gasteiger partial charge on any atom is -0.344 e. The molecular weight excluding hydrogens is 445 g/mol. The Hall–Kier alpha value is -3.27. The third kappa shape index (κ3) is 5.13. The number of nitrogens with one attached hydrogen (secondary N) is 1. The van der Waals surface area contributed by atoms with E-state index in [4.69, 9.17) is 0 Å². The SMILES string of the molecule is Cc1cccc(C(NC(=O)C2C=CC(C(F)(F)F)=NC2=O)c2ccccc2S(C)(=O)=O)c1. The van der Waals surface area contributed by atoms with Gasteiger partial charge in [0.2, 0.25) is 5.91 Å². The highest BCUT2D eigenvalue weighted by atomic mass is 32.2. The van der Waals surface area contributed by atoms with Crippen molar-refractivity contribution in [3.63, 3.8) is 0 Å². The van der Waals surface area contributed by atoms with Crippen LogP contribution in [0.2, 0.25) is 0 Å². The summed E-state index contributed by atoms with van der Waals surface area (Å²) in [4.78, 5) is 28.0. The molecule has 1 N–H and O–H groups in total. The smallest absolute Gasteiger partial charge is 0.344 e. The number of amides is 2. The van der Waals surface area contributed by atoms with E-state index >= 15 is 0 Å². The highest BCUT2D eigenvalue weighted by Gasteiger charge is 2.39. The van der Waals surface area contributed by atoms with E-state index in [2.05, 4.69) is 10.3 Å². The van der Waals surface area contributed by atoms with Gasteiger partial charge in [-0.3, -0.25) is 9.59 Å². The molecule has 0 radical (unpaired) electrons. The summed E-state index contributed by atoms with van der Waals surface area (Å²) in [7, 11) is -3.67. The molecule has 2 aromatic rings. The van der Waals surface area contributed by atoms with E-state index < -0.39 is 45.5 Å². The van der Waals surface area contributed by atoms with Gasteiger partial charge in [0.25, 0.3) is 5.91 Å². The van der Waals surface area contributed by atoms with Gasteiger partial charge in [-0.25, -0.2) is 13.4 Å². The lowest BCUT2D eigenvalue weighted by Crippen LogP contribution is -2.39. The van der Waals surface area contributed by atoms with Crippen molar-refractivity contribution >= 4 is 27.4 Å². The van der Waals surface area contributed by atoms with Crippen molar-refractivity contribution < 1.29 is 31.2 Å². The molecule has 0 spiro atoms. The number of hydrogen-bond acceptors (Lipinski definition) is 4. The summed E-state index contributed by atoms with van der Waals surface area (Å²) in [5.74, 6) is -3.72. The Labute approximate surface area is 182 Å². The first kappa shape index (κ1) is 23.4. The predicted octanol–water partition coefficient (Wildman–Crippen LogP) is 3.32. The Morgan fingerprint density at radius 2 is 1.81 bits per heavy atom. The summed E-state index contributed by atoms with van der Waals surface area (Å²) < 4.78 is 63.0. The van der Waals surface area contributed by atoms with Gasteiger partial charge in [-0.2, -0.15) is 13.2 Å². The molecule has 0 saturated carbocycles. The molecule has 0 bridgehead atoms. The molecule has 2 aromatic carbocycles. The van der Waals surface area contributed by atoms with Crippen LogP contribution in [0.1, 0.15) is 22.7 Å². The van der Waals surface area contributed by atoms with Crippen LogP contribution in [0.5, 0.6) is 0 Å². The number of aliphatic imine (C=N–C) groups is 1. The fourth-order valence-corrected chi connectivity index (χ4v) is 4.27. The first-order valence-corrected chi connectivity index (χ1v) is 11.3. The number of dihydropyridines is 1. The number of halogens is 3. The number of nitrogens with zero attached hydrogens (tertiary/aromatic N) is 1. The maximum Gasteiger partial charge on any atom is 0.433 e. The molecule has 3 rings (SSSR count). The molecule has 1 heterocycles. The highest BCUT2D eigenvalue weighted by molar-refractivity contribution is 7.90. The van der Waals surface area contributed by atoms with Crippen LogP contribution >= 0.6 is 0 Å². The third-order valence-corrected chi connectivity index (χ3v) is 5.98. The van der Waals surface area contributed by atoms with Gasteiger partial charge >= 0.3 is 6.18 Å². The van der Waals surface area contributed by atoms with Gasteiger partial charge in [0.05, 0.1) is 10.9 Å². The van der Waals surface area contributed by atoms with Crippen molar-refractivity contribution in [3.8, 4) is 0 Å². The normalized spacial score (nSPS) is 17.6. The predicted molar refractivity (Wildman–Crippen MR) is 112 cm³/mol. The Balaban J connectivity index is 2.01. The van der Waals surface area contributed by atoms with Crippen LogP contribution in [0, 0.1) is 12.8 Å². The van der Waals surface area contributed by atoms with E-state index in [9.17, 15) is 31.2 Å². The Kier molecular flexibility index (Phi) is 6.36. The van der Waals surface area contributed by atoms with Crippen molar-refractivity contribution in [1.82, 2.24) is 5.32 Å². The molecule has 32 heavy (non-hydrogen) atoms. The average Bonchev–Trinajstić information content (AvgIpc) is 2.70. The van der Waals surface area contributed by atoms with Crippen LogP contribution in [0.25, 0.3) is 0 Å². The zero-order valence-electron chi connectivity index (χ0n) is 17.1. The second kappa shape index (κ2) is 8.70. The molecule has 0 aliphatic carbocycles. The van der Waals surface area contributed by atoms with E-state index in [1.807, 2.05) is 13.0 Å². The fourth-order valence-electron chi connectivity index (χ4n) is 3.33. The number of sulfone groups is 1. The molecule has 168 valence electrons. The van der Waals surface area contributed by atoms with Gasteiger partial charge in [-0.05, 0) is 30.2 Å². The molecule has 10 heteroatoms. The van der Waals surface area contributed by atoms with Gasteiger partial charge in [0, 0.05) is 6.26 Å². The van der Waals surface area contributed by atoms with E-state index in [1.54, 1.807) is 24.3 Å². The monoisotopic (exact) mass is 464 g/mol. The first-order valence-electron chi connectivity index (χ1n) is 9.42. The molecule has 1 aliphatic rings. The van der Waals surface area contributed by atoms with Crippen molar-refractivity contribution in [1.29, 1.82) is 0 Å². The van der Waals surface area contributed by atoms with Crippen molar-refractivity contribution in [2.75, 3.05) is 6.26 Å². The summed E-state index contributed by atoms with van der Waals surface area (Å²) in [6.45, 7) is 1.81. The fraction of sp³-hybridized carbons (Fsp3) is 0.227. The molecule has 6 nitrogen and oxygen atoms in total. The van der Waals surface area contributed by atoms with Gasteiger partial charge < -0.3 is 5.32 Å². The quantitative estimate of drug-likeness (QED) is 0.687. The summed E-state index contributed by atoms with van der Waals surface area (Å²) in [6.07, 6.45) is -2.37. The van der Waals surface area contributed by atoms with Crippen LogP contribution in [0.15, 0.2) is 70.6 Å². The maximum atomic E-state index is 12.9. The van der Waals surface area contributed by atoms with Crippen LogP contribution in [-0.2, 0) is 19.4 Å². The Bertz CT molecular complexity index is 1230. The van der Waals surface area contributed by atoms with E-state index in [1.165, 1.54) is 18.2 Å². The second-order valence-electron chi connectivity index (χ2n) is 7.34. The topological polar surface area (TPSA) is 92.7 Å². The van der Waals surface area contributed by atoms with E-state index in [0.717, 1.165) is 17.9 Å². The van der Waals surface area contributed by atoms with Gasteiger partial charge in [-0.15, -0.1) is 0 Å². The zero-order valence-corrected chi connectivity index (χ0v) is 17.9. The summed E-state index contributed by atoms with van der Waals surface area (Å²) >= 11 is 0. The van der Waals surface area contributed by atoms with Crippen molar-refractivity contribution in [2.45, 2.75) is 24.0 Å². The minimum atomic E-state index is -4.81. The van der Waals surface area contributed by atoms with E-state index in [0.29, 0.717) is 11.6 Å². The molecule has 0 saturated heterocycles. The lowest BCUT2D eigenvalue weighted by Gasteiger charge is -2.24. The third-order valence-electron chi connectivity index (χ3n) is 4.81. The standard InChI is InChI=1S/C22H19F3N2O4S/c1-13-6-5-7-14(12-13)19(15-8-3-4-9-17(15)32(2,30)31)27-21(29)16-10-11-18(22(23,24)25)26-20(16)28/h3-12,16,19H,1-2H3,(H,27,29). The van der Waals surface area contributed by atoms with Crippen LogP contribution < -0.4 is 5.32 Å². The largest absolute Gasteiger partial charge is 0.433 e. The number of rotatable bonds is 5. The molecule has 2 amide bonds. The molecule has 1 aliphatic heterocycles. The number of hydrogen-bond donors (Lipinski definition) is 1. The molecular formula is C22H19F3N2O4S. The average molecular weight is 464 g/mol. The summed E-state index contributed by atoms with van der Waals surface area (Å²) in [5.41, 5.74) is 0.262. The number of alkyl halides is 3. The molecule has 2 atom stereocenters. The van der Waals surface area contributed by atoms with Gasteiger partial charge in [0.15, 0.2) is 9.84 Å². The van der Waals surface area contributed by atoms with Gasteiger partial charge in [0.1, 0.15) is 11.6 Å². The summed E-state index contributed by atoms with van der Waals surface area (Å²) in [6, 6.07) is 12.0. The second-order valence-corrected chi connectivity index (χ2v) is 9.32. The van der Waals surface area contributed by atoms with Crippen molar-refractivity contribution in [2.24, 2.45) is 10.9 Å². The first-order chi connectivity index (χ1) is 14.9. The minimum absolute atomic E-state index is 0.0188. The maximum absolute atomic E-state index is 12.9. The number of allylic oxidation sites excluding steroid dienone is 1. The molecule has 0 fully saturated rings. The number of aryl methyl sites for hydroxylation is 1. The van der Waals surface area contributed by atoms with Crippen LogP contribution in [0.3, 0.4) is 0 Å². The summed E-state index contributed by atoms with van der Waals surface area (Å²) in [5, 5.41) is 2.62. The van der Waals surface area contributed by atoms with Crippen LogP contribution in [-0.4, -0.2) is 38.4 Å². The Morgan fingerprint density at radius 3 is 2.41 bits per heavy atom. The van der Waals surface area contributed by atoms with Gasteiger partial charge in [-0.1, -0.05) is 54.1 Å². The number of carbonyl (C=O) groups excluding carboxylic acids is 2. The van der Waals surface area contributed by atoms with Crippen LogP contribution in [0.4, 0.5) is 13.2 Å². The number of benzene rings is 2. The lowest BCUT2D eigenvalue weighted by molar-refractivity contribution is -0.132. The molecule has 2 unspecified atom stereocenters. The zero-order chi connectivity index (χ0) is 23.7. The Morgan fingerprint density at radius 1 is 1.12 bits per heavy atom. The number of carbonyl (C=O) groups is 2.